The highest BCUT2D eigenvalue weighted by molar-refractivity contribution is 7.86. The molecule has 0 spiro atoms. The molecule has 6 rings (SSSR count). The number of hydrogen-bond donors (Lipinski definition) is 0. The van der Waals surface area contributed by atoms with E-state index >= 15 is 0 Å². The Kier molecular flexibility index (Phi) is 9.28. The molecule has 0 N–H and O–H groups in total. The van der Waals surface area contributed by atoms with Crippen LogP contribution in [0.3, 0.4) is 0 Å². The molecule has 0 fully saturated rings. The smallest absolute Gasteiger partial charge is 0.297 e. The maximum Gasteiger partial charge on any atom is 0.297 e. The van der Waals surface area contributed by atoms with Gasteiger partial charge in [0, 0.05) is 24.6 Å². The van der Waals surface area contributed by atoms with E-state index in [1.165, 1.54) is 12.1 Å². The highest BCUT2D eigenvalue weighted by Gasteiger charge is 2.19. The summed E-state index contributed by atoms with van der Waals surface area (Å²) in [5.74, 6) is 1.40. The maximum atomic E-state index is 12.5. The molecule has 4 aromatic carbocycles. The fraction of sp³-hybridized carbons (Fsp3) is 0.167. The lowest BCUT2D eigenvalue weighted by molar-refractivity contribution is 0.221. The van der Waals surface area contributed by atoms with Crippen molar-refractivity contribution < 1.29 is 26.8 Å². The van der Waals surface area contributed by atoms with Gasteiger partial charge in [-0.15, -0.1) is 0 Å². The minimum absolute atomic E-state index is 0.0488. The number of pyridine rings is 1. The van der Waals surface area contributed by atoms with Gasteiger partial charge in [-0.25, -0.2) is 0 Å². The molecule has 0 unspecified atom stereocenters. The van der Waals surface area contributed by atoms with Gasteiger partial charge >= 0.3 is 0 Å². The first-order chi connectivity index (χ1) is 22.4. The summed E-state index contributed by atoms with van der Waals surface area (Å²) in [7, 11) is -2.02. The quantitative estimate of drug-likeness (QED) is 0.1000. The summed E-state index contributed by atoms with van der Waals surface area (Å²) in [6, 6.07) is 35.6. The zero-order valence-electron chi connectivity index (χ0n) is 25.5. The van der Waals surface area contributed by atoms with Gasteiger partial charge in [0.15, 0.2) is 0 Å². The van der Waals surface area contributed by atoms with Crippen LogP contribution in [0, 0.1) is 6.92 Å². The Morgan fingerprint density at radius 2 is 1.39 bits per heavy atom. The predicted molar refractivity (Wildman–Crippen MR) is 175 cm³/mol. The molecule has 0 saturated heterocycles. The maximum absolute atomic E-state index is 12.5. The van der Waals surface area contributed by atoms with Crippen LogP contribution >= 0.6 is 0 Å². The number of hydrogen-bond acceptors (Lipinski definition) is 8. The van der Waals surface area contributed by atoms with Gasteiger partial charge in [0.1, 0.15) is 37.9 Å². The van der Waals surface area contributed by atoms with Gasteiger partial charge < -0.3 is 14.2 Å². The Bertz CT molecular complexity index is 2030. The van der Waals surface area contributed by atoms with Gasteiger partial charge in [-0.1, -0.05) is 78.4 Å². The van der Waals surface area contributed by atoms with Gasteiger partial charge in [-0.05, 0) is 48.4 Å². The fourth-order valence-electron chi connectivity index (χ4n) is 4.85. The molecule has 2 aromatic heterocycles. The van der Waals surface area contributed by atoms with Gasteiger partial charge in [-0.2, -0.15) is 18.5 Å². The third-order valence-corrected chi connectivity index (χ3v) is 8.59. The predicted octanol–water partition coefficient (Wildman–Crippen LogP) is 6.89. The monoisotopic (exact) mass is 635 g/mol. The lowest BCUT2D eigenvalue weighted by Gasteiger charge is -2.12. The van der Waals surface area contributed by atoms with Crippen molar-refractivity contribution in [3.8, 4) is 28.8 Å². The molecule has 0 bridgehead atoms. The third kappa shape index (κ3) is 7.36. The van der Waals surface area contributed by atoms with E-state index in [0.717, 1.165) is 33.2 Å². The molecular weight excluding hydrogens is 602 g/mol. The van der Waals surface area contributed by atoms with Crippen molar-refractivity contribution in [2.24, 2.45) is 7.05 Å². The SMILES string of the molecule is Cc1ccc(S(=O)(=O)OCCOc2ccc3c(-c4ccc(OCc5ccccc5)nc4OCc4ccccc4)nn(C)c3c2)cc1. The van der Waals surface area contributed by atoms with Gasteiger partial charge in [-0.3, -0.25) is 8.86 Å². The van der Waals surface area contributed by atoms with E-state index in [2.05, 4.69) is 0 Å². The Balaban J connectivity index is 1.20. The van der Waals surface area contributed by atoms with Crippen LogP contribution in [0.4, 0.5) is 0 Å². The van der Waals surface area contributed by atoms with Crippen molar-refractivity contribution >= 4 is 21.0 Å². The average molecular weight is 636 g/mol. The number of rotatable bonds is 13. The van der Waals surface area contributed by atoms with Crippen molar-refractivity contribution in [1.82, 2.24) is 14.8 Å². The Hall–Kier alpha value is -5.19. The Morgan fingerprint density at radius 1 is 0.717 bits per heavy atom. The largest absolute Gasteiger partial charge is 0.491 e. The van der Waals surface area contributed by atoms with Gasteiger partial charge in [0.2, 0.25) is 11.8 Å². The van der Waals surface area contributed by atoms with Crippen LogP contribution in [-0.4, -0.2) is 36.4 Å². The van der Waals surface area contributed by atoms with Gasteiger partial charge in [0.25, 0.3) is 10.1 Å². The molecule has 0 atom stereocenters. The zero-order valence-corrected chi connectivity index (χ0v) is 26.3. The molecule has 0 aliphatic heterocycles. The highest BCUT2D eigenvalue weighted by atomic mass is 32.2. The Morgan fingerprint density at radius 3 is 2.09 bits per heavy atom. The molecule has 0 aliphatic carbocycles. The van der Waals surface area contributed by atoms with Crippen molar-refractivity contribution in [1.29, 1.82) is 0 Å². The minimum atomic E-state index is -3.87. The molecular formula is C36H33N3O6S. The first-order valence-corrected chi connectivity index (χ1v) is 16.2. The summed E-state index contributed by atoms with van der Waals surface area (Å²) in [4.78, 5) is 4.84. The molecule has 0 radical (unpaired) electrons. The van der Waals surface area contributed by atoms with Crippen LogP contribution < -0.4 is 14.2 Å². The van der Waals surface area contributed by atoms with Crippen molar-refractivity contribution in [2.45, 2.75) is 25.0 Å². The van der Waals surface area contributed by atoms with E-state index in [-0.39, 0.29) is 18.1 Å². The van der Waals surface area contributed by atoms with Crippen molar-refractivity contribution in [3.05, 3.63) is 132 Å². The van der Waals surface area contributed by atoms with Crippen LogP contribution in [-0.2, 0) is 34.6 Å². The number of ether oxygens (including phenoxy) is 3. The van der Waals surface area contributed by atoms with Crippen LogP contribution in [0.25, 0.3) is 22.2 Å². The minimum Gasteiger partial charge on any atom is -0.491 e. The summed E-state index contributed by atoms with van der Waals surface area (Å²) in [5.41, 5.74) is 5.24. The van der Waals surface area contributed by atoms with Crippen molar-refractivity contribution in [2.75, 3.05) is 13.2 Å². The van der Waals surface area contributed by atoms with Crippen LogP contribution in [0.15, 0.2) is 120 Å². The average Bonchev–Trinajstić information content (AvgIpc) is 3.41. The molecule has 6 aromatic rings. The van der Waals surface area contributed by atoms with Crippen LogP contribution in [0.2, 0.25) is 0 Å². The zero-order chi connectivity index (χ0) is 31.9. The number of aromatic nitrogens is 3. The first-order valence-electron chi connectivity index (χ1n) is 14.8. The molecule has 0 amide bonds. The number of aryl methyl sites for hydroxylation is 2. The topological polar surface area (TPSA) is 102 Å². The highest BCUT2D eigenvalue weighted by Crippen LogP contribution is 2.36. The first kappa shape index (κ1) is 30.8. The van der Waals surface area contributed by atoms with E-state index in [9.17, 15) is 8.42 Å². The fourth-order valence-corrected chi connectivity index (χ4v) is 5.75. The number of benzene rings is 4. The van der Waals surface area contributed by atoms with Crippen LogP contribution in [0.5, 0.6) is 17.5 Å². The standard InChI is InChI=1S/C36H33N3O6S/c1-26-13-16-30(17-14-26)46(40,41)45-22-21-42-29-15-18-31-33(23-29)39(2)38-35(31)32-19-20-34(43-24-27-9-5-3-6-10-27)37-36(32)44-25-28-11-7-4-8-12-28/h3-20,23H,21-22,24-25H2,1-2H3. The van der Waals surface area contributed by atoms with E-state index in [0.29, 0.717) is 36.4 Å². The number of fused-ring (bicyclic) bond motifs is 1. The van der Waals surface area contributed by atoms with Gasteiger partial charge in [0.05, 0.1) is 16.0 Å². The summed E-state index contributed by atoms with van der Waals surface area (Å²) in [5, 5.41) is 5.68. The molecule has 0 saturated carbocycles. The normalized spacial score (nSPS) is 11.4. The molecule has 2 heterocycles. The Labute approximate surface area is 268 Å². The summed E-state index contributed by atoms with van der Waals surface area (Å²) in [6.45, 7) is 2.52. The molecule has 10 heteroatoms. The second-order valence-corrected chi connectivity index (χ2v) is 12.3. The summed E-state index contributed by atoms with van der Waals surface area (Å²) >= 11 is 0. The summed E-state index contributed by atoms with van der Waals surface area (Å²) < 4.78 is 50.0. The third-order valence-electron chi connectivity index (χ3n) is 7.26. The lowest BCUT2D eigenvalue weighted by Crippen LogP contribution is -2.13. The van der Waals surface area contributed by atoms with E-state index in [1.807, 2.05) is 105 Å². The molecule has 234 valence electrons. The van der Waals surface area contributed by atoms with Crippen molar-refractivity contribution in [3.63, 3.8) is 0 Å². The van der Waals surface area contributed by atoms with Crippen LogP contribution in [0.1, 0.15) is 16.7 Å². The second kappa shape index (κ2) is 13.8. The van der Waals surface area contributed by atoms with E-state index < -0.39 is 10.1 Å². The molecule has 46 heavy (non-hydrogen) atoms. The number of nitrogens with zero attached hydrogens (tertiary/aromatic N) is 3. The second-order valence-electron chi connectivity index (χ2n) is 10.6. The van der Waals surface area contributed by atoms with E-state index in [4.69, 9.17) is 28.5 Å². The lowest BCUT2D eigenvalue weighted by atomic mass is 10.1. The van der Waals surface area contributed by atoms with E-state index in [1.54, 1.807) is 16.8 Å². The molecule has 0 aliphatic rings. The summed E-state index contributed by atoms with van der Waals surface area (Å²) in [6.07, 6.45) is 0. The molecule has 9 nitrogen and oxygen atoms in total.